The summed E-state index contributed by atoms with van der Waals surface area (Å²) in [6, 6.07) is 2.55. The van der Waals surface area contributed by atoms with Gasteiger partial charge in [-0.05, 0) is 74.7 Å². The molecule has 4 fully saturated rings. The van der Waals surface area contributed by atoms with Gasteiger partial charge in [-0.15, -0.1) is 0 Å². The van der Waals surface area contributed by atoms with Crippen LogP contribution in [0.4, 0.5) is 0 Å². The topological polar surface area (TPSA) is 49.8 Å². The van der Waals surface area contributed by atoms with Crippen molar-refractivity contribution in [2.45, 2.75) is 38.5 Å². The molecule has 0 spiro atoms. The molecule has 4 rings (SSSR count). The van der Waals surface area contributed by atoms with Crippen LogP contribution in [0.3, 0.4) is 0 Å². The lowest BCUT2D eigenvalue weighted by Crippen LogP contribution is -2.47. The quantitative estimate of drug-likeness (QED) is 0.791. The molecule has 0 amide bonds. The van der Waals surface area contributed by atoms with Crippen molar-refractivity contribution in [3.63, 3.8) is 0 Å². The highest BCUT2D eigenvalue weighted by atomic mass is 14.6. The molecule has 4 aliphatic carbocycles. The Morgan fingerprint density at radius 3 is 2.06 bits per heavy atom. The Hall–Kier alpha value is -0.550. The average molecular weight is 218 g/mol. The first-order valence-electron chi connectivity index (χ1n) is 6.91. The lowest BCUT2D eigenvalue weighted by Gasteiger charge is -2.55. The van der Waals surface area contributed by atoms with Crippen molar-refractivity contribution in [2.75, 3.05) is 6.54 Å². The zero-order valence-electron chi connectivity index (χ0n) is 9.94. The fraction of sp³-hybridized carbons (Fsp3) is 0.929. The van der Waals surface area contributed by atoms with Crippen molar-refractivity contribution in [2.24, 2.45) is 41.2 Å². The standard InChI is InChI=1S/C14H22N2/c15-2-1-11(8-16)14-12-4-9-3-10(6-12)7-13(14)5-9/h9-14H,1-7,15H2. The van der Waals surface area contributed by atoms with Crippen LogP contribution >= 0.6 is 0 Å². The Morgan fingerprint density at radius 1 is 1.06 bits per heavy atom. The zero-order valence-corrected chi connectivity index (χ0v) is 9.94. The third-order valence-electron chi connectivity index (χ3n) is 5.41. The van der Waals surface area contributed by atoms with Crippen molar-refractivity contribution in [1.29, 1.82) is 5.26 Å². The molecule has 16 heavy (non-hydrogen) atoms. The van der Waals surface area contributed by atoms with Crippen LogP contribution in [0.2, 0.25) is 0 Å². The van der Waals surface area contributed by atoms with Gasteiger partial charge in [0.25, 0.3) is 0 Å². The molecule has 0 aromatic carbocycles. The first-order valence-corrected chi connectivity index (χ1v) is 6.91. The molecule has 0 aromatic rings. The Bertz CT molecular complexity index is 276. The third kappa shape index (κ3) is 1.57. The van der Waals surface area contributed by atoms with Gasteiger partial charge in [-0.1, -0.05) is 0 Å². The molecule has 2 N–H and O–H groups in total. The van der Waals surface area contributed by atoms with Gasteiger partial charge in [-0.2, -0.15) is 5.26 Å². The maximum atomic E-state index is 9.34. The van der Waals surface area contributed by atoms with E-state index in [1.54, 1.807) is 0 Å². The van der Waals surface area contributed by atoms with Gasteiger partial charge in [0, 0.05) is 0 Å². The summed E-state index contributed by atoms with van der Waals surface area (Å²) in [5.41, 5.74) is 5.65. The molecule has 0 radical (unpaired) electrons. The first kappa shape index (κ1) is 10.6. The molecule has 0 aliphatic heterocycles. The molecule has 2 heteroatoms. The Labute approximate surface area is 98.2 Å². The van der Waals surface area contributed by atoms with Gasteiger partial charge in [0.15, 0.2) is 0 Å². The van der Waals surface area contributed by atoms with Crippen molar-refractivity contribution in [3.05, 3.63) is 0 Å². The number of hydrogen-bond donors (Lipinski definition) is 1. The second-order valence-corrected chi connectivity index (χ2v) is 6.32. The summed E-state index contributed by atoms with van der Waals surface area (Å²) < 4.78 is 0. The second kappa shape index (κ2) is 4.04. The zero-order chi connectivity index (χ0) is 11.1. The lowest BCUT2D eigenvalue weighted by atomic mass is 9.49. The van der Waals surface area contributed by atoms with E-state index < -0.39 is 0 Å². The minimum Gasteiger partial charge on any atom is -0.330 e. The molecule has 4 aliphatic rings. The van der Waals surface area contributed by atoms with Gasteiger partial charge in [0.2, 0.25) is 0 Å². The predicted molar refractivity (Wildman–Crippen MR) is 63.3 cm³/mol. The molecule has 4 bridgehead atoms. The normalized spacial score (nSPS) is 46.6. The highest BCUT2D eigenvalue weighted by Gasteiger charge is 2.50. The fourth-order valence-electron chi connectivity index (χ4n) is 5.15. The van der Waals surface area contributed by atoms with Gasteiger partial charge in [-0.3, -0.25) is 0 Å². The van der Waals surface area contributed by atoms with Crippen LogP contribution < -0.4 is 5.73 Å². The van der Waals surface area contributed by atoms with Crippen LogP contribution in [0, 0.1) is 46.8 Å². The highest BCUT2D eigenvalue weighted by Crippen LogP contribution is 2.58. The predicted octanol–water partition coefficient (Wildman–Crippen LogP) is 2.55. The molecule has 1 atom stereocenters. The summed E-state index contributed by atoms with van der Waals surface area (Å²) in [6.45, 7) is 0.682. The summed E-state index contributed by atoms with van der Waals surface area (Å²) in [5.74, 6) is 4.70. The summed E-state index contributed by atoms with van der Waals surface area (Å²) in [6.07, 6.45) is 8.08. The van der Waals surface area contributed by atoms with E-state index >= 15 is 0 Å². The van der Waals surface area contributed by atoms with Gasteiger partial charge in [0.1, 0.15) is 0 Å². The maximum Gasteiger partial charge on any atom is 0.0659 e. The fourth-order valence-corrected chi connectivity index (χ4v) is 5.15. The van der Waals surface area contributed by atoms with E-state index in [1.807, 2.05) is 0 Å². The van der Waals surface area contributed by atoms with Crippen molar-refractivity contribution in [3.8, 4) is 6.07 Å². The van der Waals surface area contributed by atoms with Gasteiger partial charge in [0.05, 0.1) is 12.0 Å². The summed E-state index contributed by atoms with van der Waals surface area (Å²) >= 11 is 0. The van der Waals surface area contributed by atoms with Gasteiger partial charge in [-0.25, -0.2) is 0 Å². The Balaban J connectivity index is 1.78. The summed E-state index contributed by atoms with van der Waals surface area (Å²) in [7, 11) is 0. The van der Waals surface area contributed by atoms with E-state index in [2.05, 4.69) is 6.07 Å². The number of rotatable bonds is 3. The van der Waals surface area contributed by atoms with E-state index in [9.17, 15) is 5.26 Å². The molecule has 2 nitrogen and oxygen atoms in total. The van der Waals surface area contributed by atoms with E-state index in [-0.39, 0.29) is 5.92 Å². The number of nitrogens with zero attached hydrogens (tertiary/aromatic N) is 1. The van der Waals surface area contributed by atoms with E-state index in [0.29, 0.717) is 12.5 Å². The monoisotopic (exact) mass is 218 g/mol. The molecular weight excluding hydrogens is 196 g/mol. The smallest absolute Gasteiger partial charge is 0.0659 e. The summed E-state index contributed by atoms with van der Waals surface area (Å²) in [4.78, 5) is 0. The molecule has 0 aromatic heterocycles. The minimum absolute atomic E-state index is 0.250. The summed E-state index contributed by atoms with van der Waals surface area (Å²) in [5, 5.41) is 9.34. The Kier molecular flexibility index (Phi) is 2.67. The lowest BCUT2D eigenvalue weighted by molar-refractivity contribution is -0.0529. The minimum atomic E-state index is 0.250. The number of hydrogen-bond acceptors (Lipinski definition) is 2. The van der Waals surface area contributed by atoms with Crippen LogP contribution in [-0.2, 0) is 0 Å². The van der Waals surface area contributed by atoms with Gasteiger partial charge < -0.3 is 5.73 Å². The molecular formula is C14H22N2. The molecule has 1 unspecified atom stereocenters. The van der Waals surface area contributed by atoms with Crippen LogP contribution in [0.25, 0.3) is 0 Å². The van der Waals surface area contributed by atoms with Gasteiger partial charge >= 0.3 is 0 Å². The highest BCUT2D eigenvalue weighted by molar-refractivity contribution is 5.04. The molecule has 0 heterocycles. The van der Waals surface area contributed by atoms with Crippen LogP contribution in [0.5, 0.6) is 0 Å². The van der Waals surface area contributed by atoms with E-state index in [1.165, 1.54) is 32.1 Å². The number of nitriles is 1. The second-order valence-electron chi connectivity index (χ2n) is 6.32. The number of nitrogens with two attached hydrogens (primary N) is 1. The molecule has 4 saturated carbocycles. The Morgan fingerprint density at radius 2 is 1.62 bits per heavy atom. The maximum absolute atomic E-state index is 9.34. The van der Waals surface area contributed by atoms with Crippen LogP contribution in [-0.4, -0.2) is 6.54 Å². The molecule has 0 saturated heterocycles. The van der Waals surface area contributed by atoms with Crippen molar-refractivity contribution in [1.82, 2.24) is 0 Å². The average Bonchev–Trinajstić information content (AvgIpc) is 2.26. The van der Waals surface area contributed by atoms with Crippen LogP contribution in [0.15, 0.2) is 0 Å². The van der Waals surface area contributed by atoms with E-state index in [4.69, 9.17) is 5.73 Å². The largest absolute Gasteiger partial charge is 0.330 e. The van der Waals surface area contributed by atoms with Crippen molar-refractivity contribution < 1.29 is 0 Å². The first-order chi connectivity index (χ1) is 7.81. The van der Waals surface area contributed by atoms with Crippen molar-refractivity contribution >= 4 is 0 Å². The third-order valence-corrected chi connectivity index (χ3v) is 5.41. The van der Waals surface area contributed by atoms with Crippen LogP contribution in [0.1, 0.15) is 38.5 Å². The van der Waals surface area contributed by atoms with E-state index in [0.717, 1.165) is 30.1 Å². The SMILES string of the molecule is N#CC(CCN)C1C2CC3CC(C2)CC1C3. The molecule has 88 valence electrons.